The molecule has 0 unspecified atom stereocenters. The lowest BCUT2D eigenvalue weighted by atomic mass is 10.1. The van der Waals surface area contributed by atoms with Gasteiger partial charge in [0.25, 0.3) is 0 Å². The van der Waals surface area contributed by atoms with Crippen LogP contribution in [-0.2, 0) is 19.4 Å². The van der Waals surface area contributed by atoms with Gasteiger partial charge in [0, 0.05) is 24.7 Å². The quantitative estimate of drug-likeness (QED) is 0.642. The van der Waals surface area contributed by atoms with Crippen LogP contribution < -0.4 is 10.6 Å². The molecule has 0 atom stereocenters. The smallest absolute Gasteiger partial charge is 0.319 e. The van der Waals surface area contributed by atoms with E-state index in [2.05, 4.69) is 52.5 Å². The topological polar surface area (TPSA) is 59.0 Å². The standard InChI is InChI=1S/C23H28N4O/c1-2-27-21-10-6-5-9-20(21)26-22(27)16-13-17-11-14-19(15-12-17)25-23(28)24-18-7-3-4-8-18/h5-6,9-12,14-15,18H,2-4,7-8,13,16H2,1H3,(H2,24,25,28). The Balaban J connectivity index is 1.35. The van der Waals surface area contributed by atoms with Gasteiger partial charge in [0.05, 0.1) is 11.0 Å². The number of rotatable bonds is 6. The molecule has 2 N–H and O–H groups in total. The molecule has 1 saturated carbocycles. The van der Waals surface area contributed by atoms with Crippen LogP contribution in [0.1, 0.15) is 44.0 Å². The van der Waals surface area contributed by atoms with E-state index >= 15 is 0 Å². The van der Waals surface area contributed by atoms with Crippen LogP contribution in [0.4, 0.5) is 10.5 Å². The van der Waals surface area contributed by atoms with Crippen LogP contribution in [-0.4, -0.2) is 21.6 Å². The highest BCUT2D eigenvalue weighted by Gasteiger charge is 2.17. The van der Waals surface area contributed by atoms with E-state index in [0.717, 1.165) is 49.3 Å². The summed E-state index contributed by atoms with van der Waals surface area (Å²) in [5, 5.41) is 5.99. The van der Waals surface area contributed by atoms with Crippen LogP contribution in [0.15, 0.2) is 48.5 Å². The Morgan fingerprint density at radius 3 is 2.57 bits per heavy atom. The Labute approximate surface area is 166 Å². The van der Waals surface area contributed by atoms with Crippen molar-refractivity contribution in [3.05, 3.63) is 59.9 Å². The van der Waals surface area contributed by atoms with Crippen LogP contribution in [0, 0.1) is 0 Å². The number of aryl methyl sites for hydroxylation is 3. The van der Waals surface area contributed by atoms with Crippen molar-refractivity contribution in [3.8, 4) is 0 Å². The summed E-state index contributed by atoms with van der Waals surface area (Å²) in [5.74, 6) is 1.13. The van der Waals surface area contributed by atoms with Crippen molar-refractivity contribution in [3.63, 3.8) is 0 Å². The molecule has 1 aliphatic rings. The number of carbonyl (C=O) groups is 1. The molecule has 1 fully saturated rings. The molecule has 0 aliphatic heterocycles. The number of fused-ring (bicyclic) bond motifs is 1. The van der Waals surface area contributed by atoms with Gasteiger partial charge in [-0.3, -0.25) is 0 Å². The monoisotopic (exact) mass is 376 g/mol. The average Bonchev–Trinajstić information content (AvgIpc) is 3.34. The molecule has 1 heterocycles. The first-order valence-corrected chi connectivity index (χ1v) is 10.3. The van der Waals surface area contributed by atoms with Crippen molar-refractivity contribution in [1.29, 1.82) is 0 Å². The van der Waals surface area contributed by atoms with Crippen LogP contribution in [0.3, 0.4) is 0 Å². The summed E-state index contributed by atoms with van der Waals surface area (Å²) in [6, 6.07) is 16.7. The molecule has 0 bridgehead atoms. The van der Waals surface area contributed by atoms with Crippen molar-refractivity contribution in [2.75, 3.05) is 5.32 Å². The van der Waals surface area contributed by atoms with Crippen molar-refractivity contribution in [1.82, 2.24) is 14.9 Å². The fraction of sp³-hybridized carbons (Fsp3) is 0.391. The second-order valence-electron chi connectivity index (χ2n) is 7.54. The maximum Gasteiger partial charge on any atom is 0.319 e. The first-order valence-electron chi connectivity index (χ1n) is 10.3. The zero-order valence-electron chi connectivity index (χ0n) is 16.4. The summed E-state index contributed by atoms with van der Waals surface area (Å²) >= 11 is 0. The SMILES string of the molecule is CCn1c(CCc2ccc(NC(=O)NC3CCCC3)cc2)nc2ccccc21. The molecular formula is C23H28N4O. The zero-order chi connectivity index (χ0) is 19.3. The van der Waals surface area contributed by atoms with Crippen LogP contribution in [0.5, 0.6) is 0 Å². The van der Waals surface area contributed by atoms with Crippen molar-refractivity contribution in [2.45, 2.75) is 58.0 Å². The molecule has 2 aromatic carbocycles. The highest BCUT2D eigenvalue weighted by molar-refractivity contribution is 5.89. The highest BCUT2D eigenvalue weighted by atomic mass is 16.2. The number of anilines is 1. The normalized spacial score (nSPS) is 14.5. The molecule has 5 heteroatoms. The number of aromatic nitrogens is 2. The average molecular weight is 377 g/mol. The number of hydrogen-bond donors (Lipinski definition) is 2. The molecule has 4 rings (SSSR count). The van der Waals surface area contributed by atoms with Gasteiger partial charge in [0.15, 0.2) is 0 Å². The highest BCUT2D eigenvalue weighted by Crippen LogP contribution is 2.19. The number of benzene rings is 2. The number of nitrogens with one attached hydrogen (secondary N) is 2. The molecule has 5 nitrogen and oxygen atoms in total. The fourth-order valence-corrected chi connectivity index (χ4v) is 4.10. The minimum atomic E-state index is -0.101. The van der Waals surface area contributed by atoms with E-state index in [1.165, 1.54) is 23.9 Å². The first-order chi connectivity index (χ1) is 13.7. The summed E-state index contributed by atoms with van der Waals surface area (Å²) in [6.07, 6.45) is 6.44. The number of imidazole rings is 1. The Morgan fingerprint density at radius 1 is 1.07 bits per heavy atom. The third-order valence-electron chi connectivity index (χ3n) is 5.59. The molecule has 146 valence electrons. The van der Waals surface area contributed by atoms with E-state index < -0.39 is 0 Å². The van der Waals surface area contributed by atoms with E-state index in [1.807, 2.05) is 18.2 Å². The molecule has 0 spiro atoms. The number of hydrogen-bond acceptors (Lipinski definition) is 2. The maximum absolute atomic E-state index is 12.1. The Morgan fingerprint density at radius 2 is 1.82 bits per heavy atom. The van der Waals surface area contributed by atoms with Crippen molar-refractivity contribution < 1.29 is 4.79 Å². The molecule has 28 heavy (non-hydrogen) atoms. The van der Waals surface area contributed by atoms with Gasteiger partial charge in [-0.25, -0.2) is 9.78 Å². The maximum atomic E-state index is 12.1. The molecule has 1 aliphatic carbocycles. The second-order valence-corrected chi connectivity index (χ2v) is 7.54. The molecular weight excluding hydrogens is 348 g/mol. The van der Waals surface area contributed by atoms with E-state index in [9.17, 15) is 4.79 Å². The minimum absolute atomic E-state index is 0.101. The lowest BCUT2D eigenvalue weighted by Crippen LogP contribution is -2.36. The van der Waals surface area contributed by atoms with Crippen LogP contribution in [0.25, 0.3) is 11.0 Å². The summed E-state index contributed by atoms with van der Waals surface area (Å²) in [4.78, 5) is 16.9. The number of amides is 2. The summed E-state index contributed by atoms with van der Waals surface area (Å²) in [5.41, 5.74) is 4.34. The van der Waals surface area contributed by atoms with Gasteiger partial charge in [0.2, 0.25) is 0 Å². The van der Waals surface area contributed by atoms with Gasteiger partial charge in [-0.15, -0.1) is 0 Å². The van der Waals surface area contributed by atoms with Crippen LogP contribution in [0.2, 0.25) is 0 Å². The van der Waals surface area contributed by atoms with Crippen molar-refractivity contribution in [2.24, 2.45) is 0 Å². The zero-order valence-corrected chi connectivity index (χ0v) is 16.4. The van der Waals surface area contributed by atoms with Gasteiger partial charge >= 0.3 is 6.03 Å². The van der Waals surface area contributed by atoms with Gasteiger partial charge < -0.3 is 15.2 Å². The van der Waals surface area contributed by atoms with E-state index in [0.29, 0.717) is 6.04 Å². The summed E-state index contributed by atoms with van der Waals surface area (Å²) in [7, 11) is 0. The third kappa shape index (κ3) is 4.19. The Bertz CT molecular complexity index is 939. The van der Waals surface area contributed by atoms with Gasteiger partial charge in [-0.2, -0.15) is 0 Å². The Kier molecular flexibility index (Phi) is 5.60. The largest absolute Gasteiger partial charge is 0.335 e. The van der Waals surface area contributed by atoms with Gasteiger partial charge in [-0.05, 0) is 56.0 Å². The molecule has 0 saturated heterocycles. The lowest BCUT2D eigenvalue weighted by molar-refractivity contribution is 0.248. The fourth-order valence-electron chi connectivity index (χ4n) is 4.10. The van der Waals surface area contributed by atoms with Gasteiger partial charge in [-0.1, -0.05) is 37.1 Å². The summed E-state index contributed by atoms with van der Waals surface area (Å²) in [6.45, 7) is 3.09. The van der Waals surface area contributed by atoms with Crippen LogP contribution >= 0.6 is 0 Å². The van der Waals surface area contributed by atoms with E-state index in [1.54, 1.807) is 0 Å². The van der Waals surface area contributed by atoms with E-state index in [4.69, 9.17) is 4.98 Å². The molecule has 1 aromatic heterocycles. The lowest BCUT2D eigenvalue weighted by Gasteiger charge is -2.13. The Hall–Kier alpha value is -2.82. The predicted octanol–water partition coefficient (Wildman–Crippen LogP) is 4.91. The van der Waals surface area contributed by atoms with Gasteiger partial charge in [0.1, 0.15) is 5.82 Å². The van der Waals surface area contributed by atoms with Crippen molar-refractivity contribution >= 4 is 22.8 Å². The molecule has 3 aromatic rings. The summed E-state index contributed by atoms with van der Waals surface area (Å²) < 4.78 is 2.29. The number of para-hydroxylation sites is 2. The number of carbonyl (C=O) groups excluding carboxylic acids is 1. The number of nitrogens with zero attached hydrogens (tertiary/aromatic N) is 2. The number of urea groups is 1. The second kappa shape index (κ2) is 8.46. The minimum Gasteiger partial charge on any atom is -0.335 e. The molecule has 0 radical (unpaired) electrons. The third-order valence-corrected chi connectivity index (χ3v) is 5.59. The van der Waals surface area contributed by atoms with E-state index in [-0.39, 0.29) is 6.03 Å². The first kappa shape index (κ1) is 18.5. The predicted molar refractivity (Wildman–Crippen MR) is 114 cm³/mol. The molecule has 2 amide bonds.